The second kappa shape index (κ2) is 6.67. The van der Waals surface area contributed by atoms with Crippen molar-refractivity contribution in [1.29, 1.82) is 0 Å². The fourth-order valence-electron chi connectivity index (χ4n) is 1.95. The lowest BCUT2D eigenvalue weighted by Crippen LogP contribution is -2.23. The minimum absolute atomic E-state index is 0.0701. The van der Waals surface area contributed by atoms with Crippen molar-refractivity contribution in [3.8, 4) is 0 Å². The summed E-state index contributed by atoms with van der Waals surface area (Å²) in [6, 6.07) is 13.5. The van der Waals surface area contributed by atoms with E-state index in [-0.39, 0.29) is 12.5 Å². The molecule has 0 saturated carbocycles. The maximum Gasteiger partial charge on any atom is 0.251 e. The minimum Gasteiger partial charge on any atom is -0.392 e. The lowest BCUT2D eigenvalue weighted by atomic mass is 10.1. The van der Waals surface area contributed by atoms with Crippen molar-refractivity contribution >= 4 is 11.8 Å². The number of hydrogen-bond donors (Lipinski definition) is 3. The molecule has 2 aromatic rings. The molecule has 5 nitrogen and oxygen atoms in total. The molecule has 4 N–H and O–H groups in total. The first kappa shape index (κ1) is 14.7. The van der Waals surface area contributed by atoms with Crippen LogP contribution < -0.4 is 11.1 Å². The summed E-state index contributed by atoms with van der Waals surface area (Å²) in [5.41, 5.74) is 7.59. The molecule has 0 fully saturated rings. The van der Waals surface area contributed by atoms with E-state index in [4.69, 9.17) is 5.73 Å². The van der Waals surface area contributed by atoms with E-state index in [9.17, 15) is 14.7 Å². The molecule has 0 bridgehead atoms. The number of nitrogens with two attached hydrogens (primary N) is 1. The van der Waals surface area contributed by atoms with Crippen LogP contribution in [0.3, 0.4) is 0 Å². The molecular formula is C16H16N2O3. The predicted molar refractivity (Wildman–Crippen MR) is 78.5 cm³/mol. The third-order valence-corrected chi connectivity index (χ3v) is 3.16. The van der Waals surface area contributed by atoms with Gasteiger partial charge in [-0.3, -0.25) is 9.59 Å². The molecule has 0 aliphatic heterocycles. The molecule has 21 heavy (non-hydrogen) atoms. The molecule has 2 rings (SSSR count). The summed E-state index contributed by atoms with van der Waals surface area (Å²) in [5.74, 6) is -0.780. The SMILES string of the molecule is NC(=O)c1ccc(C(=O)NCc2ccccc2CO)cc1. The van der Waals surface area contributed by atoms with E-state index in [2.05, 4.69) is 5.32 Å². The molecule has 5 heteroatoms. The maximum absolute atomic E-state index is 12.0. The van der Waals surface area contributed by atoms with Crippen LogP contribution >= 0.6 is 0 Å². The van der Waals surface area contributed by atoms with E-state index < -0.39 is 5.91 Å². The second-order valence-electron chi connectivity index (χ2n) is 4.55. The summed E-state index contributed by atoms with van der Waals surface area (Å²) in [5, 5.41) is 12.0. The average molecular weight is 284 g/mol. The minimum atomic E-state index is -0.529. The quantitative estimate of drug-likeness (QED) is 0.770. The van der Waals surface area contributed by atoms with Crippen LogP contribution in [0.25, 0.3) is 0 Å². The Balaban J connectivity index is 2.03. The fraction of sp³-hybridized carbons (Fsp3) is 0.125. The number of benzene rings is 2. The van der Waals surface area contributed by atoms with Crippen LogP contribution in [0.2, 0.25) is 0 Å². The Morgan fingerprint density at radius 2 is 1.52 bits per heavy atom. The third kappa shape index (κ3) is 3.67. The molecule has 2 amide bonds. The van der Waals surface area contributed by atoms with Gasteiger partial charge in [-0.25, -0.2) is 0 Å². The number of carbonyl (C=O) groups excluding carboxylic acids is 2. The van der Waals surface area contributed by atoms with Gasteiger partial charge >= 0.3 is 0 Å². The van der Waals surface area contributed by atoms with Crippen LogP contribution in [0.5, 0.6) is 0 Å². The lowest BCUT2D eigenvalue weighted by molar-refractivity contribution is 0.0948. The molecular weight excluding hydrogens is 268 g/mol. The molecule has 2 aromatic carbocycles. The number of rotatable bonds is 5. The van der Waals surface area contributed by atoms with E-state index >= 15 is 0 Å². The van der Waals surface area contributed by atoms with Crippen LogP contribution in [-0.4, -0.2) is 16.9 Å². The van der Waals surface area contributed by atoms with E-state index in [1.165, 1.54) is 12.1 Å². The highest BCUT2D eigenvalue weighted by Crippen LogP contribution is 2.09. The van der Waals surface area contributed by atoms with E-state index in [1.807, 2.05) is 24.3 Å². The number of aliphatic hydroxyl groups excluding tert-OH is 1. The van der Waals surface area contributed by atoms with Crippen molar-refractivity contribution in [2.24, 2.45) is 5.73 Å². The standard InChI is InChI=1S/C16H16N2O3/c17-15(20)11-5-7-12(8-6-11)16(21)18-9-13-3-1-2-4-14(13)10-19/h1-8,19H,9-10H2,(H2,17,20)(H,18,21). The summed E-state index contributed by atoms with van der Waals surface area (Å²) in [6.07, 6.45) is 0. The van der Waals surface area contributed by atoms with Crippen molar-refractivity contribution in [3.63, 3.8) is 0 Å². The Bertz CT molecular complexity index is 651. The molecule has 0 aromatic heterocycles. The number of primary amides is 1. The third-order valence-electron chi connectivity index (χ3n) is 3.16. The van der Waals surface area contributed by atoms with Crippen LogP contribution in [0, 0.1) is 0 Å². The zero-order valence-electron chi connectivity index (χ0n) is 11.4. The highest BCUT2D eigenvalue weighted by molar-refractivity contribution is 5.97. The molecule has 0 aliphatic carbocycles. The molecule has 0 aliphatic rings. The first-order chi connectivity index (χ1) is 10.1. The molecule has 0 unspecified atom stereocenters. The number of aliphatic hydroxyl groups is 1. The predicted octanol–water partition coefficient (Wildman–Crippen LogP) is 1.21. The number of nitrogens with one attached hydrogen (secondary N) is 1. The monoisotopic (exact) mass is 284 g/mol. The van der Waals surface area contributed by atoms with Gasteiger partial charge in [0.2, 0.25) is 5.91 Å². The van der Waals surface area contributed by atoms with E-state index in [0.29, 0.717) is 17.7 Å². The molecule has 0 atom stereocenters. The molecule has 0 heterocycles. The fourth-order valence-corrected chi connectivity index (χ4v) is 1.95. The number of carbonyl (C=O) groups is 2. The largest absolute Gasteiger partial charge is 0.392 e. The Morgan fingerprint density at radius 3 is 2.10 bits per heavy atom. The second-order valence-corrected chi connectivity index (χ2v) is 4.55. The summed E-state index contributed by atoms with van der Waals surface area (Å²) < 4.78 is 0. The highest BCUT2D eigenvalue weighted by Gasteiger charge is 2.08. The Morgan fingerprint density at radius 1 is 0.952 bits per heavy atom. The zero-order valence-corrected chi connectivity index (χ0v) is 11.4. The highest BCUT2D eigenvalue weighted by atomic mass is 16.3. The Labute approximate surface area is 122 Å². The first-order valence-electron chi connectivity index (χ1n) is 6.47. The molecule has 0 spiro atoms. The van der Waals surface area contributed by atoms with Gasteiger partial charge in [-0.05, 0) is 35.4 Å². The zero-order chi connectivity index (χ0) is 15.2. The van der Waals surface area contributed by atoms with E-state index in [0.717, 1.165) is 11.1 Å². The van der Waals surface area contributed by atoms with Gasteiger partial charge in [0.1, 0.15) is 0 Å². The van der Waals surface area contributed by atoms with Crippen LogP contribution in [-0.2, 0) is 13.2 Å². The van der Waals surface area contributed by atoms with Gasteiger partial charge < -0.3 is 16.2 Å². The maximum atomic E-state index is 12.0. The first-order valence-corrected chi connectivity index (χ1v) is 6.47. The number of amides is 2. The Kier molecular flexibility index (Phi) is 4.68. The smallest absolute Gasteiger partial charge is 0.251 e. The van der Waals surface area contributed by atoms with Gasteiger partial charge in [0.15, 0.2) is 0 Å². The summed E-state index contributed by atoms with van der Waals surface area (Å²) in [4.78, 5) is 23.0. The lowest BCUT2D eigenvalue weighted by Gasteiger charge is -2.09. The topological polar surface area (TPSA) is 92.4 Å². The summed E-state index contributed by atoms with van der Waals surface area (Å²) in [6.45, 7) is 0.256. The van der Waals surface area contributed by atoms with Crippen molar-refractivity contribution in [3.05, 3.63) is 70.8 Å². The van der Waals surface area contributed by atoms with Crippen molar-refractivity contribution in [1.82, 2.24) is 5.32 Å². The molecule has 0 saturated heterocycles. The van der Waals surface area contributed by atoms with Crippen molar-refractivity contribution < 1.29 is 14.7 Å². The van der Waals surface area contributed by atoms with Gasteiger partial charge in [-0.1, -0.05) is 24.3 Å². The molecule has 108 valence electrons. The summed E-state index contributed by atoms with van der Waals surface area (Å²) >= 11 is 0. The van der Waals surface area contributed by atoms with Gasteiger partial charge in [-0.15, -0.1) is 0 Å². The number of hydrogen-bond acceptors (Lipinski definition) is 3. The normalized spacial score (nSPS) is 10.1. The van der Waals surface area contributed by atoms with Gasteiger partial charge in [-0.2, -0.15) is 0 Å². The van der Waals surface area contributed by atoms with Gasteiger partial charge in [0.05, 0.1) is 6.61 Å². The van der Waals surface area contributed by atoms with Crippen LogP contribution in [0.4, 0.5) is 0 Å². The van der Waals surface area contributed by atoms with Crippen molar-refractivity contribution in [2.75, 3.05) is 0 Å². The van der Waals surface area contributed by atoms with Crippen molar-refractivity contribution in [2.45, 2.75) is 13.2 Å². The molecule has 0 radical (unpaired) electrons. The van der Waals surface area contributed by atoms with Gasteiger partial charge in [0.25, 0.3) is 5.91 Å². The van der Waals surface area contributed by atoms with Crippen LogP contribution in [0.15, 0.2) is 48.5 Å². The Hall–Kier alpha value is -2.66. The average Bonchev–Trinajstić information content (AvgIpc) is 2.52. The van der Waals surface area contributed by atoms with Crippen LogP contribution in [0.1, 0.15) is 31.8 Å². The summed E-state index contributed by atoms with van der Waals surface area (Å²) in [7, 11) is 0. The van der Waals surface area contributed by atoms with E-state index in [1.54, 1.807) is 12.1 Å². The van der Waals surface area contributed by atoms with Gasteiger partial charge in [0, 0.05) is 17.7 Å².